The van der Waals surface area contributed by atoms with Crippen LogP contribution in [0.5, 0.6) is 0 Å². The second-order valence-corrected chi connectivity index (χ2v) is 13.9. The summed E-state index contributed by atoms with van der Waals surface area (Å²) in [4.78, 5) is 22.7. The highest BCUT2D eigenvalue weighted by Crippen LogP contribution is 2.43. The molecule has 7 rings (SSSR count). The Morgan fingerprint density at radius 2 is 1.59 bits per heavy atom. The lowest BCUT2D eigenvalue weighted by atomic mass is 9.90. The van der Waals surface area contributed by atoms with Crippen LogP contribution in [0.4, 0.5) is 20.2 Å². The summed E-state index contributed by atoms with van der Waals surface area (Å²) in [6.07, 6.45) is 6.73. The number of thioether (sulfide) groups is 1. The number of hydrogen-bond donors (Lipinski definition) is 0. The minimum Gasteiger partial charge on any atom is -0.368 e. The van der Waals surface area contributed by atoms with E-state index in [-0.39, 0.29) is 17.8 Å². The Bertz CT molecular complexity index is 1910. The molecule has 2 aliphatic rings. The van der Waals surface area contributed by atoms with Gasteiger partial charge in [-0.2, -0.15) is 10.2 Å². The van der Waals surface area contributed by atoms with Crippen LogP contribution in [-0.4, -0.2) is 67.1 Å². The summed E-state index contributed by atoms with van der Waals surface area (Å²) in [6, 6.07) is 20.5. The van der Waals surface area contributed by atoms with Crippen LogP contribution >= 0.6 is 11.8 Å². The van der Waals surface area contributed by atoms with Crippen molar-refractivity contribution in [2.24, 2.45) is 0 Å². The van der Waals surface area contributed by atoms with Crippen LogP contribution in [0.15, 0.2) is 95.4 Å². The number of halogens is 2. The van der Waals surface area contributed by atoms with Crippen LogP contribution < -0.4 is 15.5 Å². The fourth-order valence-electron chi connectivity index (χ4n) is 6.74. The van der Waals surface area contributed by atoms with Crippen LogP contribution in [-0.2, 0) is 16.9 Å². The zero-order valence-electron chi connectivity index (χ0n) is 27.7. The predicted octanol–water partition coefficient (Wildman–Crippen LogP) is 6.07. The molecule has 0 saturated carbocycles. The van der Waals surface area contributed by atoms with Gasteiger partial charge in [-0.1, -0.05) is 13.0 Å². The third-order valence-corrected chi connectivity index (χ3v) is 10.8. The average molecular weight is 687 g/mol. The number of ether oxygens (including phenoxy) is 1. The second kappa shape index (κ2) is 14.2. The van der Waals surface area contributed by atoms with E-state index >= 15 is 0 Å². The Kier molecular flexibility index (Phi) is 9.55. The lowest BCUT2D eigenvalue weighted by Gasteiger charge is -2.37. The monoisotopic (exact) mass is 686 g/mol. The van der Waals surface area contributed by atoms with Crippen molar-refractivity contribution < 1.29 is 13.5 Å². The van der Waals surface area contributed by atoms with Crippen molar-refractivity contribution in [1.29, 1.82) is 0 Å². The molecule has 5 aromatic rings. The summed E-state index contributed by atoms with van der Waals surface area (Å²) < 4.78 is 40.0. The van der Waals surface area contributed by atoms with Crippen LogP contribution in [0.1, 0.15) is 44.7 Å². The van der Waals surface area contributed by atoms with Gasteiger partial charge in [0.25, 0.3) is 0 Å². The number of piperazine rings is 1. The number of rotatable bonds is 11. The molecule has 49 heavy (non-hydrogen) atoms. The van der Waals surface area contributed by atoms with Gasteiger partial charge in [-0.15, -0.1) is 11.8 Å². The molecular weight excluding hydrogens is 647 g/mol. The third-order valence-electron chi connectivity index (χ3n) is 9.68. The van der Waals surface area contributed by atoms with Gasteiger partial charge in [0, 0.05) is 59.8 Å². The summed E-state index contributed by atoms with van der Waals surface area (Å²) in [6.45, 7) is 7.94. The Labute approximate surface area is 288 Å². The maximum atomic E-state index is 15.0. The first-order chi connectivity index (χ1) is 23.8. The normalized spacial score (nSPS) is 20.2. The molecule has 0 N–H and O–H groups in total. The molecule has 0 aliphatic carbocycles. The molecule has 10 nitrogen and oxygen atoms in total. The van der Waals surface area contributed by atoms with Crippen molar-refractivity contribution in [3.05, 3.63) is 113 Å². The second-order valence-electron chi connectivity index (χ2n) is 12.8. The van der Waals surface area contributed by atoms with E-state index in [1.165, 1.54) is 28.8 Å². The molecule has 0 amide bonds. The molecular formula is C36H40F2N8O2S. The Hall–Kier alpha value is -4.49. The van der Waals surface area contributed by atoms with E-state index in [4.69, 9.17) is 4.74 Å². The van der Waals surface area contributed by atoms with E-state index in [9.17, 15) is 13.6 Å². The molecule has 0 radical (unpaired) electrons. The zero-order chi connectivity index (χ0) is 34.0. The maximum Gasteiger partial charge on any atom is 0.350 e. The lowest BCUT2D eigenvalue weighted by Crippen LogP contribution is -2.46. The zero-order valence-corrected chi connectivity index (χ0v) is 28.5. The minimum absolute atomic E-state index is 0.0623. The Balaban J connectivity index is 0.925. The van der Waals surface area contributed by atoms with E-state index in [0.717, 1.165) is 61.4 Å². The van der Waals surface area contributed by atoms with Gasteiger partial charge >= 0.3 is 5.69 Å². The van der Waals surface area contributed by atoms with Gasteiger partial charge in [0.1, 0.15) is 36.2 Å². The number of anilines is 2. The molecule has 256 valence electrons. The maximum absolute atomic E-state index is 15.0. The Morgan fingerprint density at radius 3 is 2.22 bits per heavy atom. The SMILES string of the molecule is CCC(C)n1ncn(-c2ccc(N3CCN(c4ccc(SCC5CCC(Cn6cncn6)(c6ccc(F)cc6F)O5)cc4)CC3)cc2)c1=O. The van der Waals surface area contributed by atoms with Gasteiger partial charge in [-0.25, -0.2) is 32.5 Å². The van der Waals surface area contributed by atoms with Crippen LogP contribution in [0.25, 0.3) is 5.69 Å². The number of nitrogens with zero attached hydrogens (tertiary/aromatic N) is 8. The molecule has 0 spiro atoms. The van der Waals surface area contributed by atoms with Gasteiger partial charge in [0.2, 0.25) is 0 Å². The van der Waals surface area contributed by atoms with Gasteiger partial charge in [0.05, 0.1) is 24.4 Å². The first-order valence-corrected chi connectivity index (χ1v) is 17.8. The first kappa shape index (κ1) is 33.0. The number of benzene rings is 3. The molecule has 2 fully saturated rings. The van der Waals surface area contributed by atoms with Crippen molar-refractivity contribution in [2.75, 3.05) is 41.7 Å². The highest BCUT2D eigenvalue weighted by molar-refractivity contribution is 7.99. The van der Waals surface area contributed by atoms with E-state index in [1.807, 2.05) is 26.0 Å². The molecule has 3 atom stereocenters. The molecule has 0 bridgehead atoms. The summed E-state index contributed by atoms with van der Waals surface area (Å²) in [5.41, 5.74) is 2.42. The smallest absolute Gasteiger partial charge is 0.350 e. The van der Waals surface area contributed by atoms with Gasteiger partial charge in [0.15, 0.2) is 0 Å². The van der Waals surface area contributed by atoms with Gasteiger partial charge in [-0.05, 0) is 80.8 Å². The van der Waals surface area contributed by atoms with Crippen LogP contribution in [0.3, 0.4) is 0 Å². The van der Waals surface area contributed by atoms with Crippen molar-refractivity contribution in [3.8, 4) is 5.69 Å². The third kappa shape index (κ3) is 7.00. The minimum atomic E-state index is -0.943. The van der Waals surface area contributed by atoms with Crippen molar-refractivity contribution >= 4 is 23.1 Å². The fourth-order valence-corrected chi connectivity index (χ4v) is 7.68. The summed E-state index contributed by atoms with van der Waals surface area (Å²) in [5, 5.41) is 8.51. The largest absolute Gasteiger partial charge is 0.368 e. The molecule has 2 saturated heterocycles. The first-order valence-electron chi connectivity index (χ1n) is 16.8. The summed E-state index contributed by atoms with van der Waals surface area (Å²) in [7, 11) is 0. The molecule has 2 aliphatic heterocycles. The molecule has 13 heteroatoms. The molecule has 3 aromatic carbocycles. The van der Waals surface area contributed by atoms with Gasteiger partial charge in [-0.3, -0.25) is 0 Å². The van der Waals surface area contributed by atoms with E-state index in [2.05, 4.69) is 61.4 Å². The fraction of sp³-hybridized carbons (Fsp3) is 0.389. The van der Waals surface area contributed by atoms with Crippen LogP contribution in [0, 0.1) is 11.6 Å². The molecule has 3 unspecified atom stereocenters. The van der Waals surface area contributed by atoms with Crippen LogP contribution in [0.2, 0.25) is 0 Å². The highest BCUT2D eigenvalue weighted by atomic mass is 32.2. The lowest BCUT2D eigenvalue weighted by molar-refractivity contribution is -0.0530. The topological polar surface area (TPSA) is 86.2 Å². The predicted molar refractivity (Wildman–Crippen MR) is 187 cm³/mol. The Morgan fingerprint density at radius 1 is 0.918 bits per heavy atom. The molecule has 4 heterocycles. The summed E-state index contributed by atoms with van der Waals surface area (Å²) in [5.74, 6) is -0.505. The van der Waals surface area contributed by atoms with E-state index in [1.54, 1.807) is 33.7 Å². The summed E-state index contributed by atoms with van der Waals surface area (Å²) >= 11 is 1.72. The van der Waals surface area contributed by atoms with Crippen molar-refractivity contribution in [2.45, 2.75) is 62.3 Å². The highest BCUT2D eigenvalue weighted by Gasteiger charge is 2.44. The van der Waals surface area contributed by atoms with Crippen molar-refractivity contribution in [1.82, 2.24) is 29.1 Å². The van der Waals surface area contributed by atoms with E-state index < -0.39 is 17.2 Å². The van der Waals surface area contributed by atoms with E-state index in [0.29, 0.717) is 24.3 Å². The molecule has 2 aromatic heterocycles. The average Bonchev–Trinajstić information content (AvgIpc) is 3.88. The van der Waals surface area contributed by atoms with Gasteiger partial charge < -0.3 is 14.5 Å². The number of hydrogen-bond acceptors (Lipinski definition) is 8. The number of aromatic nitrogens is 6. The standard InChI is InChI=1S/C36H40F2N8O2S/c1-3-26(2)46-35(47)45(25-41-46)30-7-5-28(6-8-30)42-16-18-43(19-17-42)29-9-11-32(12-10-29)49-21-31-14-15-36(48-31,22-44-24-39-23-40-44)33-13-4-27(37)20-34(33)38/h4-13,20,23-26,31H,3,14-19,21-22H2,1-2H3. The quantitative estimate of drug-likeness (QED) is 0.155. The van der Waals surface area contributed by atoms with Crippen molar-refractivity contribution in [3.63, 3.8) is 0 Å².